The number of imidazole rings is 1. The molecule has 0 atom stereocenters. The number of aryl methyl sites for hydroxylation is 2. The van der Waals surface area contributed by atoms with Crippen molar-refractivity contribution in [2.45, 2.75) is 37.2 Å². The van der Waals surface area contributed by atoms with Crippen LogP contribution in [0.5, 0.6) is 0 Å². The molecule has 1 N–H and O–H groups in total. The van der Waals surface area contributed by atoms with Crippen LogP contribution in [-0.4, -0.2) is 15.9 Å². The molecule has 0 unspecified atom stereocenters. The Labute approximate surface area is 133 Å². The summed E-state index contributed by atoms with van der Waals surface area (Å²) in [6.45, 7) is 8.23. The summed E-state index contributed by atoms with van der Waals surface area (Å²) in [6.07, 6.45) is 2.10. The van der Waals surface area contributed by atoms with Crippen molar-refractivity contribution in [2.24, 2.45) is 0 Å². The quantitative estimate of drug-likeness (QED) is 0.762. The summed E-state index contributed by atoms with van der Waals surface area (Å²) < 4.78 is 2.19. The summed E-state index contributed by atoms with van der Waals surface area (Å²) in [7, 11) is 0. The molecule has 3 rings (SSSR count). The predicted molar refractivity (Wildman–Crippen MR) is 90.5 cm³/mol. The highest BCUT2D eigenvalue weighted by molar-refractivity contribution is 7.99. The van der Waals surface area contributed by atoms with E-state index in [1.54, 1.807) is 23.1 Å². The first-order chi connectivity index (χ1) is 10.2. The van der Waals surface area contributed by atoms with Gasteiger partial charge in [0.05, 0.1) is 5.69 Å². The van der Waals surface area contributed by atoms with Crippen molar-refractivity contribution in [2.75, 3.05) is 6.54 Å². The Morgan fingerprint density at radius 2 is 2.19 bits per heavy atom. The number of nitrogens with zero attached hydrogens (tertiary/aromatic N) is 2. The largest absolute Gasteiger partial charge is 0.311 e. The van der Waals surface area contributed by atoms with Gasteiger partial charge in [-0.3, -0.25) is 4.40 Å². The molecule has 0 amide bonds. The minimum atomic E-state index is 0.849. The van der Waals surface area contributed by atoms with Gasteiger partial charge in [0.2, 0.25) is 0 Å². The number of nitrogens with one attached hydrogen (secondary N) is 1. The third-order valence-corrected chi connectivity index (χ3v) is 5.36. The van der Waals surface area contributed by atoms with E-state index in [9.17, 15) is 0 Å². The average Bonchev–Trinajstić information content (AvgIpc) is 3.01. The van der Waals surface area contributed by atoms with Crippen LogP contribution in [0.25, 0.3) is 4.96 Å². The fraction of sp³-hybridized carbons (Fsp3) is 0.312. The Balaban J connectivity index is 1.97. The van der Waals surface area contributed by atoms with Crippen LogP contribution in [0.15, 0.2) is 39.7 Å². The average molecular weight is 317 g/mol. The summed E-state index contributed by atoms with van der Waals surface area (Å²) in [5, 5.41) is 6.61. The Hall–Kier alpha value is -1.30. The van der Waals surface area contributed by atoms with E-state index in [-0.39, 0.29) is 0 Å². The molecular formula is C16H19N3S2. The molecule has 0 spiro atoms. The van der Waals surface area contributed by atoms with Crippen LogP contribution in [0.1, 0.15) is 23.7 Å². The Bertz CT molecular complexity index is 758. The van der Waals surface area contributed by atoms with Gasteiger partial charge in [-0.15, -0.1) is 11.3 Å². The highest BCUT2D eigenvalue weighted by Crippen LogP contribution is 2.33. The number of rotatable bonds is 5. The Morgan fingerprint density at radius 3 is 2.95 bits per heavy atom. The summed E-state index contributed by atoms with van der Waals surface area (Å²) in [5.74, 6) is 0. The molecule has 110 valence electrons. The first kappa shape index (κ1) is 14.6. The van der Waals surface area contributed by atoms with E-state index in [1.165, 1.54) is 21.7 Å². The maximum absolute atomic E-state index is 4.79. The third kappa shape index (κ3) is 3.00. The highest BCUT2D eigenvalue weighted by atomic mass is 32.2. The molecule has 0 aliphatic rings. The lowest BCUT2D eigenvalue weighted by Gasteiger charge is -2.07. The monoisotopic (exact) mass is 317 g/mol. The van der Waals surface area contributed by atoms with Crippen molar-refractivity contribution in [1.82, 2.24) is 14.7 Å². The molecule has 0 aliphatic carbocycles. The van der Waals surface area contributed by atoms with Crippen molar-refractivity contribution in [3.63, 3.8) is 0 Å². The van der Waals surface area contributed by atoms with Crippen molar-refractivity contribution >= 4 is 28.1 Å². The molecule has 0 radical (unpaired) electrons. The van der Waals surface area contributed by atoms with E-state index in [2.05, 4.69) is 60.3 Å². The van der Waals surface area contributed by atoms with Crippen LogP contribution in [0.2, 0.25) is 0 Å². The van der Waals surface area contributed by atoms with E-state index in [0.717, 1.165) is 23.1 Å². The predicted octanol–water partition coefficient (Wildman–Crippen LogP) is 4.27. The van der Waals surface area contributed by atoms with E-state index in [4.69, 9.17) is 4.98 Å². The van der Waals surface area contributed by atoms with Gasteiger partial charge in [-0.25, -0.2) is 4.98 Å². The van der Waals surface area contributed by atoms with Gasteiger partial charge in [-0.2, -0.15) is 0 Å². The second kappa shape index (κ2) is 6.22. The van der Waals surface area contributed by atoms with Crippen LogP contribution in [0.3, 0.4) is 0 Å². The van der Waals surface area contributed by atoms with Crippen molar-refractivity contribution in [1.29, 1.82) is 0 Å². The fourth-order valence-corrected chi connectivity index (χ4v) is 4.09. The zero-order valence-electron chi connectivity index (χ0n) is 12.5. The number of hydrogen-bond acceptors (Lipinski definition) is 4. The van der Waals surface area contributed by atoms with Crippen LogP contribution in [-0.2, 0) is 6.54 Å². The van der Waals surface area contributed by atoms with Crippen molar-refractivity contribution in [3.05, 3.63) is 46.6 Å². The molecule has 3 aromatic rings. The van der Waals surface area contributed by atoms with Gasteiger partial charge in [0.1, 0.15) is 5.03 Å². The molecule has 21 heavy (non-hydrogen) atoms. The highest BCUT2D eigenvalue weighted by Gasteiger charge is 2.14. The number of thiazole rings is 1. The molecular weight excluding hydrogens is 298 g/mol. The molecule has 0 bridgehead atoms. The van der Waals surface area contributed by atoms with E-state index in [1.807, 2.05) is 0 Å². The van der Waals surface area contributed by atoms with Gasteiger partial charge in [0, 0.05) is 23.0 Å². The molecule has 0 aliphatic heterocycles. The van der Waals surface area contributed by atoms with Crippen molar-refractivity contribution in [3.8, 4) is 0 Å². The molecule has 0 saturated carbocycles. The zero-order valence-corrected chi connectivity index (χ0v) is 14.1. The lowest BCUT2D eigenvalue weighted by atomic mass is 10.2. The van der Waals surface area contributed by atoms with E-state index in [0.29, 0.717) is 0 Å². The van der Waals surface area contributed by atoms with Gasteiger partial charge in [-0.1, -0.05) is 36.4 Å². The van der Waals surface area contributed by atoms with Gasteiger partial charge in [-0.05, 0) is 32.0 Å². The maximum Gasteiger partial charge on any atom is 0.194 e. The normalized spacial score (nSPS) is 11.4. The van der Waals surface area contributed by atoms with Crippen LogP contribution in [0.4, 0.5) is 0 Å². The molecule has 0 fully saturated rings. The maximum atomic E-state index is 4.79. The number of aromatic nitrogens is 2. The standard InChI is InChI=1S/C16H19N3S2/c1-4-17-10-13-15(18-16-19(13)7-8-20-16)21-14-6-5-11(2)9-12(14)3/h5-9,17H,4,10H2,1-3H3. The van der Waals surface area contributed by atoms with E-state index < -0.39 is 0 Å². The molecule has 1 aromatic carbocycles. The van der Waals surface area contributed by atoms with Crippen LogP contribution >= 0.6 is 23.1 Å². The van der Waals surface area contributed by atoms with Gasteiger partial charge in [0.15, 0.2) is 4.96 Å². The fourth-order valence-electron chi connectivity index (χ4n) is 2.32. The third-order valence-electron chi connectivity index (χ3n) is 3.40. The van der Waals surface area contributed by atoms with Crippen LogP contribution < -0.4 is 5.32 Å². The zero-order chi connectivity index (χ0) is 14.8. The second-order valence-electron chi connectivity index (χ2n) is 5.07. The van der Waals surface area contributed by atoms with Gasteiger partial charge < -0.3 is 5.32 Å². The minimum absolute atomic E-state index is 0.849. The van der Waals surface area contributed by atoms with Crippen LogP contribution in [0, 0.1) is 13.8 Å². The molecule has 2 aromatic heterocycles. The molecule has 0 saturated heterocycles. The van der Waals surface area contributed by atoms with Gasteiger partial charge in [0.25, 0.3) is 0 Å². The summed E-state index contributed by atoms with van der Waals surface area (Å²) in [4.78, 5) is 7.14. The lowest BCUT2D eigenvalue weighted by molar-refractivity contribution is 0.694. The number of fused-ring (bicyclic) bond motifs is 1. The topological polar surface area (TPSA) is 29.3 Å². The van der Waals surface area contributed by atoms with E-state index >= 15 is 0 Å². The minimum Gasteiger partial charge on any atom is -0.311 e. The Morgan fingerprint density at radius 1 is 1.33 bits per heavy atom. The summed E-state index contributed by atoms with van der Waals surface area (Å²) in [6, 6.07) is 6.59. The molecule has 5 heteroatoms. The molecule has 3 nitrogen and oxygen atoms in total. The number of hydrogen-bond donors (Lipinski definition) is 1. The lowest BCUT2D eigenvalue weighted by Crippen LogP contribution is -2.13. The summed E-state index contributed by atoms with van der Waals surface area (Å²) >= 11 is 3.45. The first-order valence-electron chi connectivity index (χ1n) is 7.09. The van der Waals surface area contributed by atoms with Crippen molar-refractivity contribution < 1.29 is 0 Å². The first-order valence-corrected chi connectivity index (χ1v) is 8.79. The SMILES string of the molecule is CCNCc1c(Sc2ccc(C)cc2C)nc2sccn12. The summed E-state index contributed by atoms with van der Waals surface area (Å²) in [5.41, 5.74) is 3.86. The smallest absolute Gasteiger partial charge is 0.194 e. The number of benzene rings is 1. The van der Waals surface area contributed by atoms with Gasteiger partial charge >= 0.3 is 0 Å². The Kier molecular flexibility index (Phi) is 4.33. The molecule has 2 heterocycles. The second-order valence-corrected chi connectivity index (χ2v) is 6.97.